The summed E-state index contributed by atoms with van der Waals surface area (Å²) in [7, 11) is 0. The fourth-order valence-electron chi connectivity index (χ4n) is 3.81. The molecule has 3 aromatic rings. The molecule has 0 spiro atoms. The van der Waals surface area contributed by atoms with Crippen molar-refractivity contribution in [2.45, 2.75) is 32.8 Å². The Labute approximate surface area is 189 Å². The summed E-state index contributed by atoms with van der Waals surface area (Å²) < 4.78 is 0. The molecule has 3 rings (SSSR count). The molecule has 0 saturated heterocycles. The van der Waals surface area contributed by atoms with E-state index in [9.17, 15) is 15.3 Å². The van der Waals surface area contributed by atoms with Gasteiger partial charge in [-0.25, -0.2) is 0 Å². The van der Waals surface area contributed by atoms with Crippen molar-refractivity contribution in [2.75, 3.05) is 6.61 Å². The highest BCUT2D eigenvalue weighted by Gasteiger charge is 2.17. The average Bonchev–Trinajstić information content (AvgIpc) is 2.81. The van der Waals surface area contributed by atoms with Crippen LogP contribution >= 0.6 is 0 Å². The third-order valence-electron chi connectivity index (χ3n) is 5.68. The van der Waals surface area contributed by atoms with E-state index in [1.165, 1.54) is 0 Å². The van der Waals surface area contributed by atoms with E-state index >= 15 is 0 Å². The Balaban J connectivity index is 1.96. The number of aromatic nitrogens is 1. The largest absolute Gasteiger partial charge is 0.507 e. The fourth-order valence-corrected chi connectivity index (χ4v) is 3.81. The maximum absolute atomic E-state index is 10.9. The summed E-state index contributed by atoms with van der Waals surface area (Å²) in [6, 6.07) is 17.1. The number of nitrogens with zero attached hydrogens (tertiary/aromatic N) is 1. The Morgan fingerprint density at radius 1 is 1.03 bits per heavy atom. The highest BCUT2D eigenvalue weighted by Crippen LogP contribution is 2.32. The van der Waals surface area contributed by atoms with Gasteiger partial charge < -0.3 is 15.3 Å². The van der Waals surface area contributed by atoms with Gasteiger partial charge in [0.15, 0.2) is 0 Å². The van der Waals surface area contributed by atoms with Crippen LogP contribution in [0.4, 0.5) is 0 Å². The number of aromatic hydroxyl groups is 1. The van der Waals surface area contributed by atoms with Crippen molar-refractivity contribution in [3.8, 4) is 5.75 Å². The normalized spacial score (nSPS) is 13.5. The number of aliphatic hydroxyl groups excluding tert-OH is 2. The molecule has 2 aromatic carbocycles. The molecule has 0 aliphatic heterocycles. The van der Waals surface area contributed by atoms with E-state index in [0.29, 0.717) is 18.4 Å². The highest BCUT2D eigenvalue weighted by molar-refractivity contribution is 5.98. The fraction of sp³-hybridized carbons (Fsp3) is 0.250. The molecule has 0 fully saturated rings. The van der Waals surface area contributed by atoms with E-state index in [1.807, 2.05) is 62.4 Å². The minimum Gasteiger partial charge on any atom is -0.507 e. The van der Waals surface area contributed by atoms with Crippen molar-refractivity contribution >= 4 is 22.4 Å². The summed E-state index contributed by atoms with van der Waals surface area (Å²) in [6.07, 6.45) is 5.79. The Hall–Kier alpha value is -3.21. The van der Waals surface area contributed by atoms with E-state index in [1.54, 1.807) is 18.3 Å². The minimum absolute atomic E-state index is 0.138. The van der Waals surface area contributed by atoms with Gasteiger partial charge in [0, 0.05) is 11.6 Å². The lowest BCUT2D eigenvalue weighted by Crippen LogP contribution is -2.15. The Kier molecular flexibility index (Phi) is 7.98. The van der Waals surface area contributed by atoms with E-state index in [-0.39, 0.29) is 18.3 Å². The number of benzene rings is 2. The first kappa shape index (κ1) is 23.5. The second-order valence-corrected chi connectivity index (χ2v) is 8.18. The third kappa shape index (κ3) is 5.52. The lowest BCUT2D eigenvalue weighted by atomic mass is 9.89. The van der Waals surface area contributed by atoms with Crippen molar-refractivity contribution in [3.63, 3.8) is 0 Å². The Bertz CT molecular complexity index is 1130. The number of fused-ring (bicyclic) bond motifs is 1. The molecule has 1 unspecified atom stereocenters. The average molecular weight is 430 g/mol. The van der Waals surface area contributed by atoms with Crippen LogP contribution in [0.25, 0.3) is 22.4 Å². The number of phenolic OH excluding ortho intramolecular Hbond substituents is 1. The number of hydrogen-bond acceptors (Lipinski definition) is 4. The zero-order valence-corrected chi connectivity index (χ0v) is 18.7. The predicted molar refractivity (Wildman–Crippen MR) is 132 cm³/mol. The van der Waals surface area contributed by atoms with Gasteiger partial charge in [0.25, 0.3) is 0 Å². The Morgan fingerprint density at radius 3 is 2.41 bits per heavy atom. The monoisotopic (exact) mass is 429 g/mol. The molecule has 0 aliphatic carbocycles. The molecule has 0 saturated carbocycles. The van der Waals surface area contributed by atoms with Crippen LogP contribution in [-0.4, -0.2) is 33.0 Å². The van der Waals surface area contributed by atoms with E-state index in [2.05, 4.69) is 17.6 Å². The molecule has 166 valence electrons. The molecule has 1 atom stereocenters. The molecule has 4 heteroatoms. The van der Waals surface area contributed by atoms with Gasteiger partial charge in [-0.3, -0.25) is 4.98 Å². The van der Waals surface area contributed by atoms with Crippen molar-refractivity contribution < 1.29 is 15.3 Å². The SMILES string of the molecule is C=C(/C(=C/CO)C(O)CC/C(=C/c1ccc(O)c2ccccc12)c1ccccn1)C(C)C. The van der Waals surface area contributed by atoms with Gasteiger partial charge in [-0.05, 0) is 70.7 Å². The van der Waals surface area contributed by atoms with Crippen LogP contribution in [0.15, 0.2) is 84.6 Å². The van der Waals surface area contributed by atoms with Gasteiger partial charge >= 0.3 is 0 Å². The van der Waals surface area contributed by atoms with E-state index in [0.717, 1.165) is 33.2 Å². The standard InChI is InChI=1S/C28H31NO3/c1-19(2)20(3)23(15-17-30)27(31)14-12-22(26-10-6-7-16-29-26)18-21-11-13-28(32)25-9-5-4-8-24(21)25/h4-11,13,15-16,18-19,27,30-32H,3,12,14,17H2,1-2H3/b22-18-,23-15-. The number of allylic oxidation sites excluding steroid dienone is 1. The van der Waals surface area contributed by atoms with Crippen LogP contribution in [0.1, 0.15) is 37.9 Å². The van der Waals surface area contributed by atoms with Gasteiger partial charge in [0.1, 0.15) is 5.75 Å². The van der Waals surface area contributed by atoms with Gasteiger partial charge in [0.2, 0.25) is 0 Å². The first-order valence-electron chi connectivity index (χ1n) is 10.9. The van der Waals surface area contributed by atoms with Gasteiger partial charge in [-0.1, -0.05) is 62.9 Å². The first-order valence-corrected chi connectivity index (χ1v) is 10.9. The molecule has 0 amide bonds. The van der Waals surface area contributed by atoms with Crippen LogP contribution in [0.3, 0.4) is 0 Å². The molecule has 1 heterocycles. The third-order valence-corrected chi connectivity index (χ3v) is 5.68. The first-order chi connectivity index (χ1) is 15.4. The van der Waals surface area contributed by atoms with Crippen molar-refractivity contribution in [3.05, 3.63) is 95.9 Å². The molecule has 1 aromatic heterocycles. The summed E-state index contributed by atoms with van der Waals surface area (Å²) in [5.41, 5.74) is 4.33. The number of hydrogen-bond donors (Lipinski definition) is 3. The molecule has 3 N–H and O–H groups in total. The van der Waals surface area contributed by atoms with Crippen molar-refractivity contribution in [2.24, 2.45) is 5.92 Å². The van der Waals surface area contributed by atoms with Gasteiger partial charge in [-0.2, -0.15) is 0 Å². The molecule has 4 nitrogen and oxygen atoms in total. The van der Waals surface area contributed by atoms with Crippen LogP contribution in [-0.2, 0) is 0 Å². The molecule has 32 heavy (non-hydrogen) atoms. The van der Waals surface area contributed by atoms with Crippen LogP contribution in [0.5, 0.6) is 5.75 Å². The maximum atomic E-state index is 10.9. The van der Waals surface area contributed by atoms with Gasteiger partial charge in [-0.15, -0.1) is 0 Å². The minimum atomic E-state index is -0.735. The second-order valence-electron chi connectivity index (χ2n) is 8.18. The molecular formula is C28H31NO3. The molecule has 0 bridgehead atoms. The summed E-state index contributed by atoms with van der Waals surface area (Å²) in [6.45, 7) is 8.01. The van der Waals surface area contributed by atoms with Gasteiger partial charge in [0.05, 0.1) is 18.4 Å². The predicted octanol–water partition coefficient (Wildman–Crippen LogP) is 5.75. The summed E-state index contributed by atoms with van der Waals surface area (Å²) >= 11 is 0. The van der Waals surface area contributed by atoms with Crippen LogP contribution in [0.2, 0.25) is 0 Å². The summed E-state index contributed by atoms with van der Waals surface area (Å²) in [5, 5.41) is 32.3. The van der Waals surface area contributed by atoms with Crippen molar-refractivity contribution in [1.82, 2.24) is 4.98 Å². The summed E-state index contributed by atoms with van der Waals surface area (Å²) in [4.78, 5) is 4.52. The molecular weight excluding hydrogens is 398 g/mol. The smallest absolute Gasteiger partial charge is 0.123 e. The number of rotatable bonds is 9. The second kappa shape index (κ2) is 10.9. The number of phenols is 1. The topological polar surface area (TPSA) is 73.6 Å². The lowest BCUT2D eigenvalue weighted by Gasteiger charge is -2.20. The number of aliphatic hydroxyl groups is 2. The van der Waals surface area contributed by atoms with E-state index < -0.39 is 6.10 Å². The summed E-state index contributed by atoms with van der Waals surface area (Å²) in [5.74, 6) is 0.426. The van der Waals surface area contributed by atoms with Crippen LogP contribution < -0.4 is 0 Å². The zero-order chi connectivity index (χ0) is 23.1. The maximum Gasteiger partial charge on any atom is 0.123 e. The molecule has 0 radical (unpaired) electrons. The zero-order valence-electron chi connectivity index (χ0n) is 18.7. The lowest BCUT2D eigenvalue weighted by molar-refractivity contribution is 0.201. The quantitative estimate of drug-likeness (QED) is 0.379. The van der Waals surface area contributed by atoms with Crippen molar-refractivity contribution in [1.29, 1.82) is 0 Å². The Morgan fingerprint density at radius 2 is 1.75 bits per heavy atom. The van der Waals surface area contributed by atoms with Crippen LogP contribution in [0, 0.1) is 5.92 Å². The van der Waals surface area contributed by atoms with E-state index in [4.69, 9.17) is 0 Å². The highest BCUT2D eigenvalue weighted by atomic mass is 16.3. The number of pyridine rings is 1. The molecule has 0 aliphatic rings.